The smallest absolute Gasteiger partial charge is 0.251 e. The molecule has 78 valence electrons. The Hall–Kier alpha value is -1.71. The molecule has 2 N–H and O–H groups in total. The molecule has 0 fully saturated rings. The van der Waals surface area contributed by atoms with E-state index in [1.807, 2.05) is 29.3 Å². The zero-order chi connectivity index (χ0) is 10.3. The second-order valence-corrected chi connectivity index (χ2v) is 3.93. The van der Waals surface area contributed by atoms with Crippen LogP contribution in [0.2, 0.25) is 0 Å². The largest absolute Gasteiger partial charge is 0.370 e. The first-order valence-electron chi connectivity index (χ1n) is 5.27. The molecule has 1 atom stereocenters. The van der Waals surface area contributed by atoms with Gasteiger partial charge in [0, 0.05) is 12.7 Å². The van der Waals surface area contributed by atoms with Crippen molar-refractivity contribution in [2.75, 3.05) is 6.54 Å². The van der Waals surface area contributed by atoms with Gasteiger partial charge in [-0.15, -0.1) is 0 Å². The van der Waals surface area contributed by atoms with Crippen molar-refractivity contribution >= 4 is 5.91 Å². The molecule has 3 rings (SSSR count). The van der Waals surface area contributed by atoms with Crippen LogP contribution < -0.4 is 10.6 Å². The number of rotatable bonds is 0. The Labute approximate surface area is 88.3 Å². The molecule has 4 nitrogen and oxygen atoms in total. The molecule has 3 aliphatic rings. The first-order chi connectivity index (χ1) is 7.36. The number of hydrogen-bond acceptors (Lipinski definition) is 3. The fourth-order valence-electron chi connectivity index (χ4n) is 2.21. The van der Waals surface area contributed by atoms with Crippen LogP contribution in [0.5, 0.6) is 0 Å². The SMILES string of the molecule is O=C1NC2=C(NCCC2)N2C=CC=CC12. The van der Waals surface area contributed by atoms with Crippen molar-refractivity contribution in [1.29, 1.82) is 0 Å². The van der Waals surface area contributed by atoms with Crippen molar-refractivity contribution in [3.63, 3.8) is 0 Å². The fourth-order valence-corrected chi connectivity index (χ4v) is 2.21. The number of fused-ring (bicyclic) bond motifs is 2. The Morgan fingerprint density at radius 2 is 2.33 bits per heavy atom. The summed E-state index contributed by atoms with van der Waals surface area (Å²) in [6, 6.07) is -0.181. The molecule has 1 unspecified atom stereocenters. The topological polar surface area (TPSA) is 44.4 Å². The number of amides is 1. The van der Waals surface area contributed by atoms with Crippen LogP contribution in [-0.4, -0.2) is 23.4 Å². The maximum Gasteiger partial charge on any atom is 0.251 e. The zero-order valence-electron chi connectivity index (χ0n) is 8.36. The molecule has 15 heavy (non-hydrogen) atoms. The summed E-state index contributed by atoms with van der Waals surface area (Å²) in [6.45, 7) is 0.982. The third-order valence-corrected chi connectivity index (χ3v) is 2.93. The highest BCUT2D eigenvalue weighted by Gasteiger charge is 2.33. The van der Waals surface area contributed by atoms with Crippen LogP contribution in [-0.2, 0) is 4.79 Å². The Bertz CT molecular complexity index is 395. The first kappa shape index (κ1) is 8.59. The van der Waals surface area contributed by atoms with Crippen LogP contribution in [0.1, 0.15) is 12.8 Å². The van der Waals surface area contributed by atoms with Crippen LogP contribution in [0.3, 0.4) is 0 Å². The van der Waals surface area contributed by atoms with Crippen LogP contribution in [0.4, 0.5) is 0 Å². The number of hydrogen-bond donors (Lipinski definition) is 2. The molecule has 0 bridgehead atoms. The van der Waals surface area contributed by atoms with Gasteiger partial charge in [-0.2, -0.15) is 0 Å². The van der Waals surface area contributed by atoms with Crippen molar-refractivity contribution in [3.8, 4) is 0 Å². The zero-order valence-corrected chi connectivity index (χ0v) is 8.36. The molecule has 0 saturated heterocycles. The Kier molecular flexibility index (Phi) is 1.80. The monoisotopic (exact) mass is 203 g/mol. The summed E-state index contributed by atoms with van der Waals surface area (Å²) in [4.78, 5) is 13.8. The van der Waals surface area contributed by atoms with E-state index < -0.39 is 0 Å². The average Bonchev–Trinajstić information content (AvgIpc) is 2.30. The molecule has 4 heteroatoms. The summed E-state index contributed by atoms with van der Waals surface area (Å²) in [6.07, 6.45) is 9.77. The van der Waals surface area contributed by atoms with E-state index in [-0.39, 0.29) is 11.9 Å². The van der Waals surface area contributed by atoms with E-state index in [1.165, 1.54) is 0 Å². The second kappa shape index (κ2) is 3.15. The Balaban J connectivity index is 2.03. The third-order valence-electron chi connectivity index (χ3n) is 2.93. The molecule has 0 radical (unpaired) electrons. The number of allylic oxidation sites excluding steroid dienone is 3. The molecule has 0 aromatic carbocycles. The van der Waals surface area contributed by atoms with Crippen LogP contribution in [0.15, 0.2) is 35.9 Å². The van der Waals surface area contributed by atoms with Gasteiger partial charge in [0.25, 0.3) is 5.91 Å². The highest BCUT2D eigenvalue weighted by molar-refractivity contribution is 5.87. The number of nitrogens with zero attached hydrogens (tertiary/aromatic N) is 1. The van der Waals surface area contributed by atoms with Crippen molar-refractivity contribution in [3.05, 3.63) is 35.9 Å². The van der Waals surface area contributed by atoms with Gasteiger partial charge >= 0.3 is 0 Å². The van der Waals surface area contributed by atoms with E-state index in [1.54, 1.807) is 0 Å². The normalized spacial score (nSPS) is 28.1. The summed E-state index contributed by atoms with van der Waals surface area (Å²) in [7, 11) is 0. The highest BCUT2D eigenvalue weighted by Crippen LogP contribution is 2.25. The summed E-state index contributed by atoms with van der Waals surface area (Å²) in [5, 5.41) is 6.32. The van der Waals surface area contributed by atoms with Gasteiger partial charge in [-0.25, -0.2) is 0 Å². The Morgan fingerprint density at radius 3 is 3.27 bits per heavy atom. The van der Waals surface area contributed by atoms with Crippen molar-refractivity contribution in [1.82, 2.24) is 15.5 Å². The van der Waals surface area contributed by atoms with Gasteiger partial charge in [-0.1, -0.05) is 12.2 Å². The maximum absolute atomic E-state index is 11.8. The molecule has 0 spiro atoms. The molecule has 0 saturated carbocycles. The van der Waals surface area contributed by atoms with Gasteiger partial charge in [0.15, 0.2) is 0 Å². The minimum absolute atomic E-state index is 0.0676. The standard InChI is InChI=1S/C11H13N3O/c15-11-9-5-1-2-7-14(9)10-8(13-11)4-3-6-12-10/h1-2,5,7,9,12H,3-4,6H2,(H,13,15). The number of carbonyl (C=O) groups excluding carboxylic acids is 1. The number of nitrogens with one attached hydrogen (secondary N) is 2. The molecule has 0 aromatic heterocycles. The van der Waals surface area contributed by atoms with Crippen molar-refractivity contribution in [2.45, 2.75) is 18.9 Å². The lowest BCUT2D eigenvalue weighted by Crippen LogP contribution is -2.53. The van der Waals surface area contributed by atoms with Gasteiger partial charge in [-0.05, 0) is 18.9 Å². The summed E-state index contributed by atoms with van der Waals surface area (Å²) < 4.78 is 0. The van der Waals surface area contributed by atoms with Crippen LogP contribution >= 0.6 is 0 Å². The molecular formula is C11H13N3O. The van der Waals surface area contributed by atoms with E-state index >= 15 is 0 Å². The minimum Gasteiger partial charge on any atom is -0.370 e. The second-order valence-electron chi connectivity index (χ2n) is 3.93. The third kappa shape index (κ3) is 1.25. The van der Waals surface area contributed by atoms with Gasteiger partial charge in [0.1, 0.15) is 11.9 Å². The maximum atomic E-state index is 11.8. The molecule has 1 amide bonds. The lowest BCUT2D eigenvalue weighted by atomic mass is 10.1. The van der Waals surface area contributed by atoms with Crippen molar-refractivity contribution < 1.29 is 4.79 Å². The molecule has 3 heterocycles. The lowest BCUT2D eigenvalue weighted by Gasteiger charge is -2.39. The fraction of sp³-hybridized carbons (Fsp3) is 0.364. The summed E-state index contributed by atoms with van der Waals surface area (Å²) in [5.41, 5.74) is 1.03. The predicted molar refractivity (Wildman–Crippen MR) is 56.3 cm³/mol. The first-order valence-corrected chi connectivity index (χ1v) is 5.27. The van der Waals surface area contributed by atoms with Crippen molar-refractivity contribution in [2.24, 2.45) is 0 Å². The van der Waals surface area contributed by atoms with E-state index in [2.05, 4.69) is 10.6 Å². The van der Waals surface area contributed by atoms with E-state index in [0.717, 1.165) is 30.9 Å². The van der Waals surface area contributed by atoms with Gasteiger partial charge < -0.3 is 15.5 Å². The predicted octanol–water partition coefficient (Wildman–Crippen LogP) is 0.423. The highest BCUT2D eigenvalue weighted by atomic mass is 16.2. The van der Waals surface area contributed by atoms with Gasteiger partial charge in [0.2, 0.25) is 0 Å². The minimum atomic E-state index is -0.181. The molecule has 3 aliphatic heterocycles. The summed E-state index contributed by atoms with van der Waals surface area (Å²) in [5.74, 6) is 1.13. The van der Waals surface area contributed by atoms with Gasteiger partial charge in [-0.3, -0.25) is 4.79 Å². The lowest BCUT2D eigenvalue weighted by molar-refractivity contribution is -0.124. The Morgan fingerprint density at radius 1 is 1.40 bits per heavy atom. The molecule has 0 aliphatic carbocycles. The summed E-state index contributed by atoms with van der Waals surface area (Å²) >= 11 is 0. The van der Waals surface area contributed by atoms with Crippen LogP contribution in [0.25, 0.3) is 0 Å². The molecule has 0 aromatic rings. The van der Waals surface area contributed by atoms with Crippen LogP contribution in [0, 0.1) is 0 Å². The van der Waals surface area contributed by atoms with Gasteiger partial charge in [0.05, 0.1) is 5.70 Å². The number of carbonyl (C=O) groups is 1. The molecular weight excluding hydrogens is 190 g/mol. The van der Waals surface area contributed by atoms with E-state index in [9.17, 15) is 4.79 Å². The van der Waals surface area contributed by atoms with E-state index in [4.69, 9.17) is 0 Å². The average molecular weight is 203 g/mol. The van der Waals surface area contributed by atoms with E-state index in [0.29, 0.717) is 0 Å². The quantitative estimate of drug-likeness (QED) is 0.600.